The molecule has 64 heavy (non-hydrogen) atoms. The Balaban J connectivity index is 0. The zero-order valence-electron chi connectivity index (χ0n) is 34.8. The van der Waals surface area contributed by atoms with E-state index in [9.17, 15) is 44.4 Å². The third kappa shape index (κ3) is 25.6. The molecule has 0 saturated carbocycles. The molecule has 22 heteroatoms. The molecule has 0 radical (unpaired) electrons. The molecular formula is C42H44Cl4N5NaO12. The van der Waals surface area contributed by atoms with Gasteiger partial charge < -0.3 is 51.4 Å². The number of phenols is 3. The van der Waals surface area contributed by atoms with Gasteiger partial charge in [0.2, 0.25) is 0 Å². The summed E-state index contributed by atoms with van der Waals surface area (Å²) in [5, 5.41) is 69.3. The predicted molar refractivity (Wildman–Crippen MR) is 233 cm³/mol. The van der Waals surface area contributed by atoms with E-state index in [1.165, 1.54) is 106 Å². The van der Waals surface area contributed by atoms with Crippen LogP contribution in [0, 0.1) is 22.7 Å². The fourth-order valence-corrected chi connectivity index (χ4v) is 4.97. The molecular weight excluding hydrogens is 931 g/mol. The molecule has 0 aliphatic rings. The van der Waals surface area contributed by atoms with E-state index in [0.717, 1.165) is 19.4 Å². The number of aromatic hydroxyl groups is 3. The van der Waals surface area contributed by atoms with Gasteiger partial charge in [0.15, 0.2) is 0 Å². The minimum Gasteiger partial charge on any atom is -0.872 e. The van der Waals surface area contributed by atoms with Crippen LogP contribution in [0.4, 0.5) is 0 Å². The number of halogens is 4. The van der Waals surface area contributed by atoms with E-state index in [0.29, 0.717) is 21.5 Å². The van der Waals surface area contributed by atoms with E-state index in [-0.39, 0.29) is 86.4 Å². The fourth-order valence-electron chi connectivity index (χ4n) is 4.28. The quantitative estimate of drug-likeness (QED) is 0.0431. The maximum absolute atomic E-state index is 11.3. The van der Waals surface area contributed by atoms with Crippen LogP contribution in [0.15, 0.2) is 72.8 Å². The molecule has 4 aromatic carbocycles. The molecule has 0 fully saturated rings. The van der Waals surface area contributed by atoms with Gasteiger partial charge in [-0.25, -0.2) is 9.59 Å². The number of nitrogens with zero attached hydrogens (tertiary/aromatic N) is 2. The van der Waals surface area contributed by atoms with Crippen LogP contribution in [0.5, 0.6) is 23.0 Å². The number of carbonyl (C=O) groups excluding carboxylic acids is 4. The van der Waals surface area contributed by atoms with Gasteiger partial charge in [0, 0.05) is 26.5 Å². The Morgan fingerprint density at radius 1 is 0.625 bits per heavy atom. The first-order valence-corrected chi connectivity index (χ1v) is 19.7. The smallest absolute Gasteiger partial charge is 0.872 e. The number of nitrogens with one attached hydrogen (secondary N) is 2. The Hall–Kier alpha value is -5.47. The van der Waals surface area contributed by atoms with Crippen LogP contribution in [-0.2, 0) is 14.3 Å². The Morgan fingerprint density at radius 2 is 1.02 bits per heavy atom. The third-order valence-corrected chi connectivity index (χ3v) is 8.28. The number of carbonyl (C=O) groups is 5. The minimum atomic E-state index is -1.16. The van der Waals surface area contributed by atoms with Gasteiger partial charge in [-0.15, -0.1) is 0 Å². The molecule has 0 unspecified atom stereocenters. The van der Waals surface area contributed by atoms with Crippen LogP contribution in [0.1, 0.15) is 80.0 Å². The molecule has 0 spiro atoms. The van der Waals surface area contributed by atoms with Gasteiger partial charge in [-0.2, -0.15) is 10.5 Å². The maximum atomic E-state index is 11.3. The number of phenolic OH excluding ortho intramolecular Hbond substituents is 3. The molecule has 0 aliphatic heterocycles. The number of benzene rings is 4. The third-order valence-electron chi connectivity index (χ3n) is 7.34. The first-order valence-electron chi connectivity index (χ1n) is 18.2. The normalized spacial score (nSPS) is 9.27. The van der Waals surface area contributed by atoms with Crippen molar-refractivity contribution in [2.24, 2.45) is 5.73 Å². The molecule has 0 aliphatic carbocycles. The first kappa shape index (κ1) is 60.6. The molecule has 2 amide bonds. The molecule has 8 N–H and O–H groups in total. The number of nitrogens with two attached hydrogens (primary N) is 1. The van der Waals surface area contributed by atoms with E-state index >= 15 is 0 Å². The van der Waals surface area contributed by atoms with Gasteiger partial charge in [0.25, 0.3) is 11.8 Å². The van der Waals surface area contributed by atoms with E-state index < -0.39 is 36.3 Å². The largest absolute Gasteiger partial charge is 1.00 e. The summed E-state index contributed by atoms with van der Waals surface area (Å²) in [7, 11) is 2.45. The number of rotatable bonds is 13. The predicted octanol–water partition coefficient (Wildman–Crippen LogP) is 4.00. The fraction of sp³-hybridized carbons (Fsp3) is 0.262. The number of carboxylic acids is 1. The van der Waals surface area contributed by atoms with Gasteiger partial charge in [0.05, 0.1) is 43.0 Å². The molecule has 338 valence electrons. The zero-order valence-corrected chi connectivity index (χ0v) is 39.9. The average molecular weight is 976 g/mol. The van der Waals surface area contributed by atoms with Gasteiger partial charge in [0.1, 0.15) is 35.9 Å². The van der Waals surface area contributed by atoms with Crippen molar-refractivity contribution in [2.45, 2.75) is 38.5 Å². The van der Waals surface area contributed by atoms with Crippen LogP contribution in [0.3, 0.4) is 0 Å². The van der Waals surface area contributed by atoms with Crippen LogP contribution in [0.25, 0.3) is 0 Å². The van der Waals surface area contributed by atoms with E-state index in [2.05, 4.69) is 26.2 Å². The van der Waals surface area contributed by atoms with Crippen LogP contribution in [-0.4, -0.2) is 84.0 Å². The monoisotopic (exact) mass is 973 g/mol. The SMILES string of the molecule is COC(=O)c1cc(Cl)ccc1O.COC(=O)c1cc(Cl)ccc1[O-].N#CCCCCCCCN.N#CCNC(=O)c1cc(Cl)ccc1O.O=C(O)CNC(=O)c1cc(Cl)ccc1O.[Na+]. The number of hydrogen-bond acceptors (Lipinski definition) is 14. The van der Waals surface area contributed by atoms with Crippen LogP contribution in [0.2, 0.25) is 20.1 Å². The molecule has 0 bridgehead atoms. The van der Waals surface area contributed by atoms with Crippen molar-refractivity contribution in [1.29, 1.82) is 10.5 Å². The van der Waals surface area contributed by atoms with Crippen molar-refractivity contribution < 1.29 is 88.5 Å². The zero-order chi connectivity index (χ0) is 47.9. The van der Waals surface area contributed by atoms with Crippen molar-refractivity contribution in [2.75, 3.05) is 33.9 Å². The number of esters is 2. The second-order valence-corrected chi connectivity index (χ2v) is 13.7. The van der Waals surface area contributed by atoms with Crippen molar-refractivity contribution in [1.82, 2.24) is 10.6 Å². The molecule has 0 saturated heterocycles. The number of nitriles is 2. The number of unbranched alkanes of at least 4 members (excludes halogenated alkanes) is 5. The average Bonchev–Trinajstić information content (AvgIpc) is 3.26. The number of aliphatic carboxylic acids is 1. The van der Waals surface area contributed by atoms with Gasteiger partial charge in [-0.1, -0.05) is 77.5 Å². The van der Waals surface area contributed by atoms with E-state index in [4.69, 9.17) is 67.8 Å². The van der Waals surface area contributed by atoms with Crippen LogP contribution >= 0.6 is 46.4 Å². The van der Waals surface area contributed by atoms with Crippen molar-refractivity contribution in [3.63, 3.8) is 0 Å². The summed E-state index contributed by atoms with van der Waals surface area (Å²) in [6, 6.07) is 20.1. The molecule has 4 rings (SSSR count). The summed E-state index contributed by atoms with van der Waals surface area (Å²) in [5.74, 6) is -4.56. The Bertz CT molecular complexity index is 2160. The molecule has 17 nitrogen and oxygen atoms in total. The number of methoxy groups -OCH3 is 2. The minimum absolute atomic E-state index is 0. The van der Waals surface area contributed by atoms with E-state index in [1.54, 1.807) is 6.07 Å². The number of ether oxygens (including phenoxy) is 2. The number of carboxylic acid groups (broad SMARTS) is 1. The maximum Gasteiger partial charge on any atom is 1.00 e. The summed E-state index contributed by atoms with van der Waals surface area (Å²) in [4.78, 5) is 54.7. The van der Waals surface area contributed by atoms with Crippen LogP contribution < -0.4 is 51.0 Å². The molecule has 0 atom stereocenters. The first-order chi connectivity index (χ1) is 29.9. The molecule has 0 aromatic heterocycles. The van der Waals surface area contributed by atoms with Crippen molar-refractivity contribution >= 4 is 76.1 Å². The Kier molecular flexibility index (Phi) is 33.1. The Labute approximate surface area is 411 Å². The second-order valence-electron chi connectivity index (χ2n) is 12.0. The van der Waals surface area contributed by atoms with Crippen molar-refractivity contribution in [3.05, 3.63) is 115 Å². The van der Waals surface area contributed by atoms with Gasteiger partial charge in [-0.05, 0) is 86.1 Å². The van der Waals surface area contributed by atoms with Crippen molar-refractivity contribution in [3.8, 4) is 35.1 Å². The van der Waals surface area contributed by atoms with E-state index in [1.807, 2.05) is 0 Å². The van der Waals surface area contributed by atoms with Gasteiger partial charge in [-0.3, -0.25) is 14.4 Å². The molecule has 0 heterocycles. The second kappa shape index (κ2) is 34.9. The standard InChI is InChI=1S/C9H7ClN2O2.C9H8ClNO4.2C8H7ClO3.C8H16N2.Na/c10-6-1-2-8(13)7(5-6)9(14)12-4-3-11;10-5-1-2-7(12)6(3-5)9(15)11-4-8(13)14;2*1-12-8(11)6-4-5(9)2-3-7(6)10;9-7-5-3-1-2-4-6-8-10;/h1-2,5,13H,4H2,(H,12,14);1-3,12H,4H2,(H,11,15)(H,13,14);2*2-4,10H,1H3;1-7,9H2;/q;;;;;+1/p-1. The Morgan fingerprint density at radius 3 is 1.45 bits per heavy atom. The summed E-state index contributed by atoms with van der Waals surface area (Å²) in [6.07, 6.45) is 6.55. The summed E-state index contributed by atoms with van der Waals surface area (Å²) in [6.45, 7) is 0.188. The summed E-state index contributed by atoms with van der Waals surface area (Å²) >= 11 is 22.4. The number of amides is 2. The summed E-state index contributed by atoms with van der Waals surface area (Å²) < 4.78 is 8.79. The van der Waals surface area contributed by atoms with Gasteiger partial charge >= 0.3 is 47.5 Å². The number of hydrogen-bond donors (Lipinski definition) is 7. The summed E-state index contributed by atoms with van der Waals surface area (Å²) in [5.41, 5.74) is 5.36. The molecule has 4 aromatic rings. The topological polar surface area (TPSA) is 305 Å².